The summed E-state index contributed by atoms with van der Waals surface area (Å²) in [5, 5.41) is 0. The number of thiol groups is 1. The van der Waals surface area contributed by atoms with Crippen LogP contribution in [-0.2, 0) is 10.7 Å². The van der Waals surface area contributed by atoms with Gasteiger partial charge in [-0.05, 0) is 20.8 Å². The van der Waals surface area contributed by atoms with Gasteiger partial charge in [0.25, 0.3) is 0 Å². The second-order valence-electron chi connectivity index (χ2n) is 2.43. The van der Waals surface area contributed by atoms with Crippen LogP contribution in [0.3, 0.4) is 0 Å². The second kappa shape index (κ2) is 3.07. The third-order valence-corrected chi connectivity index (χ3v) is 1.64. The molecule has 0 aromatic carbocycles. The van der Waals surface area contributed by atoms with Gasteiger partial charge >= 0.3 is 0 Å². The molecule has 0 fully saturated rings. The van der Waals surface area contributed by atoms with Crippen molar-refractivity contribution in [1.29, 1.82) is 0 Å². The van der Waals surface area contributed by atoms with Crippen molar-refractivity contribution in [3.63, 3.8) is 0 Å². The fraction of sp³-hybridized carbons (Fsp3) is 1.00. The zero-order valence-corrected chi connectivity index (χ0v) is 5.66. The quantitative estimate of drug-likeness (QED) is 0.507. The van der Waals surface area contributed by atoms with Gasteiger partial charge in [-0.15, -0.1) is 0 Å². The van der Waals surface area contributed by atoms with Crippen LogP contribution in [0.2, 0.25) is 0 Å². The van der Waals surface area contributed by atoms with Gasteiger partial charge in [-0.25, -0.2) is 8.42 Å². The van der Waals surface area contributed by atoms with Crippen molar-refractivity contribution < 1.29 is 8.42 Å². The monoisotopic (exact) mass is 138 g/mol. The molecule has 0 aliphatic carbocycles. The van der Waals surface area contributed by atoms with Gasteiger partial charge < -0.3 is 0 Å². The van der Waals surface area contributed by atoms with E-state index in [0.717, 1.165) is 0 Å². The van der Waals surface area contributed by atoms with Crippen molar-refractivity contribution in [2.24, 2.45) is 0 Å². The molecule has 0 aliphatic rings. The van der Waals surface area contributed by atoms with Gasteiger partial charge in [-0.2, -0.15) is 0 Å². The van der Waals surface area contributed by atoms with E-state index in [0.29, 0.717) is 0 Å². The molecule has 52 valence electrons. The number of hydrogen-bond acceptors (Lipinski definition) is 2. The summed E-state index contributed by atoms with van der Waals surface area (Å²) >= 11 is 0. The van der Waals surface area contributed by atoms with Crippen molar-refractivity contribution in [3.05, 3.63) is 0 Å². The average Bonchev–Trinajstić information content (AvgIpc) is 1.31. The summed E-state index contributed by atoms with van der Waals surface area (Å²) in [6.45, 7) is 5.00. The van der Waals surface area contributed by atoms with Crippen molar-refractivity contribution >= 4 is 10.7 Å². The molecule has 0 saturated carbocycles. The van der Waals surface area contributed by atoms with Crippen LogP contribution in [0.1, 0.15) is 28.2 Å². The molecular weight excluding hydrogens is 124 g/mol. The Morgan fingerprint density at radius 2 is 1.25 bits per heavy atom. The normalized spacial score (nSPS) is 11.0. The van der Waals surface area contributed by atoms with Crippen molar-refractivity contribution in [3.8, 4) is 0 Å². The van der Waals surface area contributed by atoms with Crippen LogP contribution in [0, 0.1) is 0 Å². The Bertz CT molecular complexity index is 111. The molecule has 2 nitrogen and oxygen atoms in total. The third-order valence-electron chi connectivity index (χ3n) is 0.548. The highest BCUT2D eigenvalue weighted by molar-refractivity contribution is 7.73. The minimum absolute atomic E-state index is 0. The molecule has 8 heavy (non-hydrogen) atoms. The van der Waals surface area contributed by atoms with Crippen LogP contribution in [-0.4, -0.2) is 13.2 Å². The minimum Gasteiger partial charge on any atom is -0.231 e. The maximum absolute atomic E-state index is 10.1. The Morgan fingerprint density at radius 1 is 1.12 bits per heavy atom. The highest BCUT2D eigenvalue weighted by Gasteiger charge is 2.11. The molecule has 0 unspecified atom stereocenters. The lowest BCUT2D eigenvalue weighted by atomic mass is 10.3. The van der Waals surface area contributed by atoms with Crippen molar-refractivity contribution in [2.75, 3.05) is 0 Å². The Hall–Kier alpha value is -0.0500. The molecule has 0 amide bonds. The predicted octanol–water partition coefficient (Wildman–Crippen LogP) is 1.03. The van der Waals surface area contributed by atoms with Crippen LogP contribution in [0.25, 0.3) is 0 Å². The maximum Gasteiger partial charge on any atom is 0.145 e. The summed E-state index contributed by atoms with van der Waals surface area (Å²) in [4.78, 5) is 0. The topological polar surface area (TPSA) is 34.1 Å². The van der Waals surface area contributed by atoms with Crippen LogP contribution in [0.15, 0.2) is 0 Å². The van der Waals surface area contributed by atoms with E-state index in [1.54, 1.807) is 20.8 Å². The molecule has 0 N–H and O–H groups in total. The molecule has 3 heteroatoms. The van der Waals surface area contributed by atoms with Gasteiger partial charge in [0.15, 0.2) is 0 Å². The molecule has 0 spiro atoms. The van der Waals surface area contributed by atoms with E-state index in [9.17, 15) is 8.42 Å². The van der Waals surface area contributed by atoms with Crippen molar-refractivity contribution in [1.82, 2.24) is 0 Å². The Balaban J connectivity index is 0. The highest BCUT2D eigenvalue weighted by Crippen LogP contribution is 2.02. The molecule has 0 heterocycles. The zero-order chi connectivity index (χ0) is 6.08. The standard InChI is InChI=1S/C4H10O2S.CH4/c1-4(2,3)7(5)6;/h7H,1-3H3;1H4. The number of hydrogen-bond donors (Lipinski definition) is 1. The molecule has 0 aromatic heterocycles. The lowest BCUT2D eigenvalue weighted by molar-refractivity contribution is 0.582. The summed E-state index contributed by atoms with van der Waals surface area (Å²) in [5.41, 5.74) is 0. The van der Waals surface area contributed by atoms with Gasteiger partial charge in [-0.1, -0.05) is 7.43 Å². The number of rotatable bonds is 0. The molecule has 0 atom stereocenters. The van der Waals surface area contributed by atoms with Gasteiger partial charge in [0, 0.05) is 0 Å². The van der Waals surface area contributed by atoms with Gasteiger partial charge in [0.05, 0.1) is 4.75 Å². The zero-order valence-electron chi connectivity index (χ0n) is 4.76. The first-order valence-corrected chi connectivity index (χ1v) is 3.27. The summed E-state index contributed by atoms with van der Waals surface area (Å²) in [7, 11) is -2.24. The third kappa shape index (κ3) is 4.12. The molecule has 0 aliphatic heterocycles. The molecule has 0 bridgehead atoms. The van der Waals surface area contributed by atoms with Gasteiger partial charge in [-0.3, -0.25) is 0 Å². The van der Waals surface area contributed by atoms with E-state index in [1.165, 1.54) is 0 Å². The molecule has 0 rings (SSSR count). The van der Waals surface area contributed by atoms with Crippen molar-refractivity contribution in [2.45, 2.75) is 32.9 Å². The average molecular weight is 138 g/mol. The first-order valence-electron chi connectivity index (χ1n) is 2.09. The van der Waals surface area contributed by atoms with Gasteiger partial charge in [0.1, 0.15) is 10.7 Å². The Kier molecular flexibility index (Phi) is 4.16. The summed E-state index contributed by atoms with van der Waals surface area (Å²) < 4.78 is 19.6. The van der Waals surface area contributed by atoms with E-state index in [4.69, 9.17) is 0 Å². The second-order valence-corrected chi connectivity index (χ2v) is 4.28. The van der Waals surface area contributed by atoms with Crippen LogP contribution in [0.4, 0.5) is 0 Å². The first-order chi connectivity index (χ1) is 2.94. The van der Waals surface area contributed by atoms with E-state index in [-0.39, 0.29) is 7.43 Å². The fourth-order valence-corrected chi connectivity index (χ4v) is 0. The molecule has 0 aromatic rings. The molecular formula is C5H14O2S. The van der Waals surface area contributed by atoms with Crippen LogP contribution in [0.5, 0.6) is 0 Å². The van der Waals surface area contributed by atoms with Crippen LogP contribution >= 0.6 is 0 Å². The van der Waals surface area contributed by atoms with Crippen LogP contribution < -0.4 is 0 Å². The van der Waals surface area contributed by atoms with E-state index in [1.807, 2.05) is 0 Å². The Labute approximate surface area is 52.9 Å². The highest BCUT2D eigenvalue weighted by atomic mass is 32.2. The SMILES string of the molecule is C.CC(C)(C)[SH](=O)=O. The summed E-state index contributed by atoms with van der Waals surface area (Å²) in [6.07, 6.45) is 0. The molecule has 0 radical (unpaired) electrons. The Morgan fingerprint density at radius 3 is 1.25 bits per heavy atom. The smallest absolute Gasteiger partial charge is 0.145 e. The first kappa shape index (κ1) is 10.8. The summed E-state index contributed by atoms with van der Waals surface area (Å²) in [5.74, 6) is 0. The summed E-state index contributed by atoms with van der Waals surface area (Å²) in [6, 6.07) is 0. The predicted molar refractivity (Wildman–Crippen MR) is 36.8 cm³/mol. The largest absolute Gasteiger partial charge is 0.231 e. The van der Waals surface area contributed by atoms with E-state index >= 15 is 0 Å². The molecule has 0 saturated heterocycles. The lowest BCUT2D eigenvalue weighted by Gasteiger charge is -2.05. The maximum atomic E-state index is 10.1. The fourth-order valence-electron chi connectivity index (χ4n) is 0. The van der Waals surface area contributed by atoms with E-state index in [2.05, 4.69) is 0 Å². The minimum atomic E-state index is -2.24. The lowest BCUT2D eigenvalue weighted by Crippen LogP contribution is -2.14. The van der Waals surface area contributed by atoms with Gasteiger partial charge in [0.2, 0.25) is 0 Å². The van der Waals surface area contributed by atoms with E-state index < -0.39 is 15.5 Å².